The standard InChI is InChI=1S/C17H34O5/c1-14(2,3)19-21-16(7,8)11-13(18)12-17(9,10)22-20-15(4,5)6/h11-12H2,1-10H3. The summed E-state index contributed by atoms with van der Waals surface area (Å²) >= 11 is 0. The highest BCUT2D eigenvalue weighted by atomic mass is 17.2. The van der Waals surface area contributed by atoms with Crippen LogP contribution in [0.2, 0.25) is 0 Å². The molecule has 0 amide bonds. The first kappa shape index (κ1) is 21.5. The van der Waals surface area contributed by atoms with Gasteiger partial charge in [0.1, 0.15) is 17.0 Å². The molecule has 0 saturated heterocycles. The summed E-state index contributed by atoms with van der Waals surface area (Å²) in [6, 6.07) is 0. The summed E-state index contributed by atoms with van der Waals surface area (Å²) in [5.74, 6) is 0.0324. The minimum atomic E-state index is -0.689. The maximum absolute atomic E-state index is 12.3. The zero-order chi connectivity index (χ0) is 17.8. The Hall–Kier alpha value is -0.490. The second-order valence-electron chi connectivity index (χ2n) is 8.97. The molecule has 22 heavy (non-hydrogen) atoms. The van der Waals surface area contributed by atoms with E-state index in [2.05, 4.69) is 0 Å². The highest BCUT2D eigenvalue weighted by Crippen LogP contribution is 2.25. The third kappa shape index (κ3) is 12.1. The van der Waals surface area contributed by atoms with Crippen molar-refractivity contribution < 1.29 is 24.3 Å². The Kier molecular flexibility index (Phi) is 7.22. The van der Waals surface area contributed by atoms with Gasteiger partial charge in [0.15, 0.2) is 0 Å². The van der Waals surface area contributed by atoms with E-state index in [4.69, 9.17) is 19.6 Å². The number of rotatable bonds is 8. The molecule has 5 heteroatoms. The minimum Gasteiger partial charge on any atom is -0.299 e. The van der Waals surface area contributed by atoms with Gasteiger partial charge in [0.2, 0.25) is 0 Å². The molecule has 0 aromatic carbocycles. The van der Waals surface area contributed by atoms with Crippen molar-refractivity contribution in [2.45, 2.75) is 104 Å². The van der Waals surface area contributed by atoms with Crippen LogP contribution in [0.3, 0.4) is 0 Å². The molecule has 0 aliphatic rings. The van der Waals surface area contributed by atoms with Crippen LogP contribution in [-0.2, 0) is 24.3 Å². The van der Waals surface area contributed by atoms with Crippen molar-refractivity contribution in [2.24, 2.45) is 0 Å². The van der Waals surface area contributed by atoms with Crippen molar-refractivity contribution in [1.29, 1.82) is 0 Å². The molecule has 0 aromatic rings. The molecule has 5 nitrogen and oxygen atoms in total. The van der Waals surface area contributed by atoms with Gasteiger partial charge in [-0.05, 0) is 69.2 Å². The molecule has 0 fully saturated rings. The van der Waals surface area contributed by atoms with Gasteiger partial charge in [-0.15, -0.1) is 0 Å². The van der Waals surface area contributed by atoms with E-state index in [0.717, 1.165) is 0 Å². The maximum atomic E-state index is 12.3. The van der Waals surface area contributed by atoms with Crippen molar-refractivity contribution in [2.75, 3.05) is 0 Å². The predicted octanol–water partition coefficient (Wildman–Crippen LogP) is 4.39. The molecule has 0 radical (unpaired) electrons. The van der Waals surface area contributed by atoms with Crippen LogP contribution >= 0.6 is 0 Å². The summed E-state index contributed by atoms with van der Waals surface area (Å²) in [4.78, 5) is 33.7. The molecule has 0 unspecified atom stereocenters. The fourth-order valence-corrected chi connectivity index (χ4v) is 1.55. The van der Waals surface area contributed by atoms with Gasteiger partial charge in [0.05, 0.1) is 11.2 Å². The fraction of sp³-hybridized carbons (Fsp3) is 0.941. The van der Waals surface area contributed by atoms with Crippen LogP contribution in [0, 0.1) is 0 Å². The molecule has 0 spiro atoms. The molecule has 0 bridgehead atoms. The molecule has 0 saturated carbocycles. The van der Waals surface area contributed by atoms with Crippen LogP contribution in [-0.4, -0.2) is 28.2 Å². The molecule has 0 aliphatic heterocycles. The lowest BCUT2D eigenvalue weighted by Crippen LogP contribution is -2.36. The average molecular weight is 318 g/mol. The summed E-state index contributed by atoms with van der Waals surface area (Å²) in [6.07, 6.45) is 0.483. The summed E-state index contributed by atoms with van der Waals surface area (Å²) < 4.78 is 0. The van der Waals surface area contributed by atoms with Gasteiger partial charge in [0.25, 0.3) is 0 Å². The first-order valence-electron chi connectivity index (χ1n) is 7.77. The summed E-state index contributed by atoms with van der Waals surface area (Å²) in [7, 11) is 0. The van der Waals surface area contributed by atoms with Gasteiger partial charge in [-0.1, -0.05) is 0 Å². The van der Waals surface area contributed by atoms with E-state index in [-0.39, 0.29) is 18.6 Å². The van der Waals surface area contributed by atoms with Crippen LogP contribution in [0.25, 0.3) is 0 Å². The number of hydrogen-bond acceptors (Lipinski definition) is 5. The molecule has 0 N–H and O–H groups in total. The monoisotopic (exact) mass is 318 g/mol. The molecular weight excluding hydrogens is 284 g/mol. The molecule has 0 rings (SSSR count). The fourth-order valence-electron chi connectivity index (χ4n) is 1.55. The SMILES string of the molecule is CC(C)(C)OOC(C)(C)CC(=O)CC(C)(C)OOC(C)(C)C. The van der Waals surface area contributed by atoms with Gasteiger partial charge < -0.3 is 0 Å². The molecule has 0 atom stereocenters. The van der Waals surface area contributed by atoms with Crippen LogP contribution in [0.1, 0.15) is 82.1 Å². The number of ketones is 1. The first-order valence-corrected chi connectivity index (χ1v) is 7.77. The van der Waals surface area contributed by atoms with Crippen LogP contribution in [0.4, 0.5) is 0 Å². The zero-order valence-corrected chi connectivity index (χ0v) is 16.0. The van der Waals surface area contributed by atoms with Crippen molar-refractivity contribution in [3.8, 4) is 0 Å². The van der Waals surface area contributed by atoms with E-state index in [1.807, 2.05) is 69.2 Å². The van der Waals surface area contributed by atoms with Gasteiger partial charge in [-0.3, -0.25) is 4.79 Å². The smallest absolute Gasteiger partial charge is 0.138 e. The van der Waals surface area contributed by atoms with Gasteiger partial charge in [0, 0.05) is 12.8 Å². The Balaban J connectivity index is 4.41. The molecule has 0 aliphatic carbocycles. The average Bonchev–Trinajstić information content (AvgIpc) is 2.20. The quantitative estimate of drug-likeness (QED) is 0.491. The Morgan fingerprint density at radius 1 is 0.591 bits per heavy atom. The van der Waals surface area contributed by atoms with Crippen LogP contribution < -0.4 is 0 Å². The van der Waals surface area contributed by atoms with Crippen molar-refractivity contribution in [3.05, 3.63) is 0 Å². The van der Waals surface area contributed by atoms with Crippen LogP contribution in [0.15, 0.2) is 0 Å². The normalized spacial score (nSPS) is 14.3. The Morgan fingerprint density at radius 2 is 0.864 bits per heavy atom. The van der Waals surface area contributed by atoms with E-state index in [1.165, 1.54) is 0 Å². The molecule has 0 aromatic heterocycles. The van der Waals surface area contributed by atoms with E-state index in [0.29, 0.717) is 0 Å². The van der Waals surface area contributed by atoms with Crippen LogP contribution in [0.5, 0.6) is 0 Å². The lowest BCUT2D eigenvalue weighted by Gasteiger charge is -2.30. The third-order valence-corrected chi connectivity index (χ3v) is 2.28. The summed E-state index contributed by atoms with van der Waals surface area (Å²) in [5.41, 5.74) is -2.21. The largest absolute Gasteiger partial charge is 0.299 e. The number of carbonyl (C=O) groups excluding carboxylic acids is 1. The Bertz CT molecular complexity index is 324. The van der Waals surface area contributed by atoms with E-state index in [9.17, 15) is 4.79 Å². The number of Topliss-reactive ketones (excluding diaryl/α,β-unsaturated/α-hetero) is 1. The lowest BCUT2D eigenvalue weighted by molar-refractivity contribution is -0.399. The Morgan fingerprint density at radius 3 is 1.09 bits per heavy atom. The molecule has 0 heterocycles. The highest BCUT2D eigenvalue weighted by Gasteiger charge is 2.32. The summed E-state index contributed by atoms with van der Waals surface area (Å²) in [5, 5.41) is 0. The van der Waals surface area contributed by atoms with Gasteiger partial charge >= 0.3 is 0 Å². The second kappa shape index (κ2) is 7.39. The second-order valence-corrected chi connectivity index (χ2v) is 8.97. The van der Waals surface area contributed by atoms with Crippen molar-refractivity contribution in [1.82, 2.24) is 0 Å². The van der Waals surface area contributed by atoms with Crippen molar-refractivity contribution in [3.63, 3.8) is 0 Å². The van der Waals surface area contributed by atoms with Gasteiger partial charge in [-0.2, -0.15) is 0 Å². The van der Waals surface area contributed by atoms with Crippen molar-refractivity contribution >= 4 is 5.78 Å². The lowest BCUT2D eigenvalue weighted by atomic mass is 9.94. The maximum Gasteiger partial charge on any atom is 0.138 e. The molecule has 132 valence electrons. The number of hydrogen-bond donors (Lipinski definition) is 0. The number of carbonyl (C=O) groups is 1. The van der Waals surface area contributed by atoms with E-state index in [1.54, 1.807) is 0 Å². The van der Waals surface area contributed by atoms with E-state index < -0.39 is 22.4 Å². The third-order valence-electron chi connectivity index (χ3n) is 2.28. The minimum absolute atomic E-state index is 0.0324. The topological polar surface area (TPSA) is 54.0 Å². The summed E-state index contributed by atoms with van der Waals surface area (Å²) in [6.45, 7) is 18.7. The highest BCUT2D eigenvalue weighted by molar-refractivity contribution is 5.80. The Labute approximate surface area is 135 Å². The predicted molar refractivity (Wildman–Crippen MR) is 86.2 cm³/mol. The van der Waals surface area contributed by atoms with E-state index >= 15 is 0 Å². The molecular formula is C17H34O5. The zero-order valence-electron chi connectivity index (χ0n) is 16.0. The van der Waals surface area contributed by atoms with Gasteiger partial charge in [-0.25, -0.2) is 19.6 Å². The first-order chi connectivity index (χ1) is 9.52.